The number of anilines is 2. The first-order valence-electron chi connectivity index (χ1n) is 6.70. The van der Waals surface area contributed by atoms with Crippen molar-refractivity contribution in [3.63, 3.8) is 0 Å². The van der Waals surface area contributed by atoms with Crippen molar-refractivity contribution in [2.24, 2.45) is 0 Å². The number of carbonyl (C=O) groups excluding carboxylic acids is 2. The average molecular weight is 315 g/mol. The molecule has 0 saturated carbocycles. The second kappa shape index (κ2) is 4.20. The summed E-state index contributed by atoms with van der Waals surface area (Å²) in [5.41, 5.74) is 0.982. The van der Waals surface area contributed by atoms with E-state index in [1.165, 1.54) is 0 Å². The Morgan fingerprint density at radius 1 is 1.18 bits per heavy atom. The smallest absolute Gasteiger partial charge is 0.276 e. The van der Waals surface area contributed by atoms with Crippen LogP contribution < -0.4 is 16.0 Å². The van der Waals surface area contributed by atoms with Gasteiger partial charge in [-0.1, -0.05) is 17.7 Å². The van der Waals surface area contributed by atoms with Gasteiger partial charge in [-0.3, -0.25) is 9.59 Å². The molecular formula is C15H11ClN4O2. The van der Waals surface area contributed by atoms with Crippen LogP contribution in [0.2, 0.25) is 5.02 Å². The molecule has 0 fully saturated rings. The van der Waals surface area contributed by atoms with Crippen molar-refractivity contribution >= 4 is 34.9 Å². The fourth-order valence-electron chi connectivity index (χ4n) is 2.98. The van der Waals surface area contributed by atoms with Gasteiger partial charge in [0.2, 0.25) is 5.66 Å². The van der Waals surface area contributed by atoms with Crippen molar-refractivity contribution < 1.29 is 9.59 Å². The van der Waals surface area contributed by atoms with Crippen LogP contribution in [0.5, 0.6) is 0 Å². The second-order valence-electron chi connectivity index (χ2n) is 5.30. The number of benzene rings is 1. The molecule has 22 heavy (non-hydrogen) atoms. The molecule has 2 aliphatic heterocycles. The molecule has 1 aromatic carbocycles. The molecule has 0 aliphatic carbocycles. The number of halogens is 1. The molecule has 1 unspecified atom stereocenters. The van der Waals surface area contributed by atoms with E-state index < -0.39 is 5.66 Å². The van der Waals surface area contributed by atoms with Crippen molar-refractivity contribution in [3.05, 3.63) is 52.2 Å². The minimum Gasteiger partial charge on any atom is -0.335 e. The Morgan fingerprint density at radius 2 is 2.00 bits per heavy atom. The third-order valence-electron chi connectivity index (χ3n) is 3.98. The number of nitrogens with zero attached hydrogens (tertiary/aromatic N) is 1. The summed E-state index contributed by atoms with van der Waals surface area (Å²) in [6.07, 6.45) is 1.57. The third-order valence-corrected chi connectivity index (χ3v) is 4.29. The summed E-state index contributed by atoms with van der Waals surface area (Å²) >= 11 is 6.18. The van der Waals surface area contributed by atoms with Gasteiger partial charge in [0, 0.05) is 11.8 Å². The van der Waals surface area contributed by atoms with Gasteiger partial charge in [0.1, 0.15) is 5.82 Å². The predicted octanol–water partition coefficient (Wildman–Crippen LogP) is 2.00. The van der Waals surface area contributed by atoms with Gasteiger partial charge >= 0.3 is 0 Å². The molecule has 1 spiro atoms. The van der Waals surface area contributed by atoms with Gasteiger partial charge in [-0.15, -0.1) is 0 Å². The largest absolute Gasteiger partial charge is 0.335 e. The number of aromatic nitrogens is 1. The van der Waals surface area contributed by atoms with Crippen molar-refractivity contribution in [2.45, 2.75) is 12.6 Å². The number of pyridine rings is 1. The van der Waals surface area contributed by atoms with Crippen LogP contribution in [0.3, 0.4) is 0 Å². The van der Waals surface area contributed by atoms with E-state index in [9.17, 15) is 9.59 Å². The molecule has 0 saturated heterocycles. The molecule has 0 bridgehead atoms. The quantitative estimate of drug-likeness (QED) is 0.694. The van der Waals surface area contributed by atoms with Gasteiger partial charge < -0.3 is 16.0 Å². The third kappa shape index (κ3) is 1.52. The molecule has 1 atom stereocenters. The molecule has 2 aromatic rings. The zero-order valence-electron chi connectivity index (χ0n) is 11.5. The summed E-state index contributed by atoms with van der Waals surface area (Å²) in [4.78, 5) is 29.2. The number of hydrogen-bond donors (Lipinski definition) is 3. The minimum atomic E-state index is -1.39. The molecule has 1 aromatic heterocycles. The van der Waals surface area contributed by atoms with E-state index in [0.717, 1.165) is 5.56 Å². The Balaban J connectivity index is 1.97. The summed E-state index contributed by atoms with van der Waals surface area (Å²) < 4.78 is 0. The molecule has 2 aliphatic rings. The van der Waals surface area contributed by atoms with E-state index in [2.05, 4.69) is 20.9 Å². The van der Waals surface area contributed by atoms with E-state index in [0.29, 0.717) is 27.7 Å². The Hall–Kier alpha value is -2.60. The number of nitrogens with one attached hydrogen (secondary N) is 3. The summed E-state index contributed by atoms with van der Waals surface area (Å²) in [6, 6.07) is 6.84. The van der Waals surface area contributed by atoms with Gasteiger partial charge in [-0.05, 0) is 30.7 Å². The molecule has 7 heteroatoms. The summed E-state index contributed by atoms with van der Waals surface area (Å²) in [5.74, 6) is -0.374. The van der Waals surface area contributed by atoms with Gasteiger partial charge in [0.05, 0.1) is 16.3 Å². The highest BCUT2D eigenvalue weighted by molar-refractivity contribution is 6.35. The van der Waals surface area contributed by atoms with E-state index >= 15 is 0 Å². The zero-order valence-corrected chi connectivity index (χ0v) is 12.3. The first-order valence-corrected chi connectivity index (χ1v) is 7.07. The standard InChI is InChI=1S/C15H11ClN4O2/c1-7-4-5-9(16)11-10(7)15(14(22)18-11)19-12-8(13(21)20-15)3-2-6-17-12/h2-6H,1H3,(H,17,19)(H,18,22)(H,20,21). The van der Waals surface area contributed by atoms with Crippen molar-refractivity contribution in [1.29, 1.82) is 0 Å². The maximum absolute atomic E-state index is 12.6. The zero-order chi connectivity index (χ0) is 15.5. The Bertz CT molecular complexity index is 851. The number of carbonyl (C=O) groups is 2. The van der Waals surface area contributed by atoms with Crippen molar-refractivity contribution in [1.82, 2.24) is 10.3 Å². The highest BCUT2D eigenvalue weighted by Crippen LogP contribution is 2.44. The molecule has 3 heterocycles. The van der Waals surface area contributed by atoms with Crippen LogP contribution in [0.15, 0.2) is 30.5 Å². The number of hydrogen-bond acceptors (Lipinski definition) is 4. The Kier molecular flexibility index (Phi) is 2.50. The fraction of sp³-hybridized carbons (Fsp3) is 0.133. The summed E-state index contributed by atoms with van der Waals surface area (Å²) in [7, 11) is 0. The van der Waals surface area contributed by atoms with Crippen LogP contribution in [0.25, 0.3) is 0 Å². The average Bonchev–Trinajstić information content (AvgIpc) is 2.77. The van der Waals surface area contributed by atoms with E-state index in [1.54, 1.807) is 24.4 Å². The highest BCUT2D eigenvalue weighted by Gasteiger charge is 2.53. The Morgan fingerprint density at radius 3 is 2.82 bits per heavy atom. The monoisotopic (exact) mass is 314 g/mol. The van der Waals surface area contributed by atoms with Crippen LogP contribution in [0, 0.1) is 6.92 Å². The highest BCUT2D eigenvalue weighted by atomic mass is 35.5. The van der Waals surface area contributed by atoms with Crippen molar-refractivity contribution in [3.8, 4) is 0 Å². The topological polar surface area (TPSA) is 83.1 Å². The van der Waals surface area contributed by atoms with Gasteiger partial charge in [0.15, 0.2) is 0 Å². The number of rotatable bonds is 0. The van der Waals surface area contributed by atoms with E-state index in [4.69, 9.17) is 11.6 Å². The number of amides is 2. The summed E-state index contributed by atoms with van der Waals surface area (Å²) in [6.45, 7) is 1.86. The van der Waals surface area contributed by atoms with Gasteiger partial charge in [0.25, 0.3) is 11.8 Å². The van der Waals surface area contributed by atoms with Crippen LogP contribution in [-0.4, -0.2) is 16.8 Å². The number of aryl methyl sites for hydroxylation is 1. The van der Waals surface area contributed by atoms with E-state index in [-0.39, 0.29) is 11.8 Å². The lowest BCUT2D eigenvalue weighted by Crippen LogP contribution is -2.59. The van der Waals surface area contributed by atoms with Crippen LogP contribution in [0.4, 0.5) is 11.5 Å². The van der Waals surface area contributed by atoms with Crippen molar-refractivity contribution in [2.75, 3.05) is 10.6 Å². The number of fused-ring (bicyclic) bond motifs is 3. The second-order valence-corrected chi connectivity index (χ2v) is 5.70. The van der Waals surface area contributed by atoms with E-state index in [1.807, 2.05) is 13.0 Å². The first-order chi connectivity index (χ1) is 10.5. The normalized spacial score (nSPS) is 21.7. The summed E-state index contributed by atoms with van der Waals surface area (Å²) in [5, 5.41) is 8.99. The van der Waals surface area contributed by atoms with Crippen LogP contribution in [-0.2, 0) is 10.5 Å². The molecule has 3 N–H and O–H groups in total. The molecule has 6 nitrogen and oxygen atoms in total. The maximum atomic E-state index is 12.6. The SMILES string of the molecule is Cc1ccc(Cl)c2c1C1(NC(=O)c3cccnc3N1)C(=O)N2. The minimum absolute atomic E-state index is 0.357. The lowest BCUT2D eigenvalue weighted by Gasteiger charge is -2.35. The first kappa shape index (κ1) is 13.1. The molecule has 4 rings (SSSR count). The molecule has 110 valence electrons. The van der Waals surface area contributed by atoms with Gasteiger partial charge in [-0.2, -0.15) is 0 Å². The lowest BCUT2D eigenvalue weighted by atomic mass is 9.93. The van der Waals surface area contributed by atoms with Crippen LogP contribution >= 0.6 is 11.6 Å². The Labute approximate surface area is 130 Å². The molecule has 0 radical (unpaired) electrons. The van der Waals surface area contributed by atoms with Gasteiger partial charge in [-0.25, -0.2) is 4.98 Å². The lowest BCUT2D eigenvalue weighted by molar-refractivity contribution is -0.120. The maximum Gasteiger partial charge on any atom is 0.276 e. The fourth-order valence-corrected chi connectivity index (χ4v) is 3.19. The molecular weight excluding hydrogens is 304 g/mol. The van der Waals surface area contributed by atoms with Crippen LogP contribution in [0.1, 0.15) is 21.5 Å². The predicted molar refractivity (Wildman–Crippen MR) is 81.8 cm³/mol. The molecule has 2 amide bonds.